The normalized spacial score (nSPS) is 12.3. The molecule has 0 radical (unpaired) electrons. The highest BCUT2D eigenvalue weighted by Crippen LogP contribution is 2.19. The average Bonchev–Trinajstić information content (AvgIpc) is 3.11. The molecule has 0 aliphatic carbocycles. The van der Waals surface area contributed by atoms with Crippen molar-refractivity contribution >= 4 is 5.91 Å². The summed E-state index contributed by atoms with van der Waals surface area (Å²) in [5, 5.41) is 6.65. The minimum absolute atomic E-state index is 0.137. The monoisotopic (exact) mass is 275 g/mol. The molecule has 0 aliphatic rings. The van der Waals surface area contributed by atoms with Gasteiger partial charge in [-0.2, -0.15) is 5.10 Å². The number of carbonyl (C=O) groups is 1. The maximum atomic E-state index is 12.3. The van der Waals surface area contributed by atoms with Crippen LogP contribution in [0.15, 0.2) is 31.1 Å². The summed E-state index contributed by atoms with van der Waals surface area (Å²) in [5.74, 6) is 0.137. The van der Waals surface area contributed by atoms with Crippen molar-refractivity contribution in [3.8, 4) is 0 Å². The average molecular weight is 275 g/mol. The molecule has 0 fully saturated rings. The van der Waals surface area contributed by atoms with Crippen molar-refractivity contribution in [1.82, 2.24) is 24.6 Å². The summed E-state index contributed by atoms with van der Waals surface area (Å²) in [6, 6.07) is 0.182. The van der Waals surface area contributed by atoms with Gasteiger partial charge in [-0.05, 0) is 6.42 Å². The molecule has 0 saturated heterocycles. The van der Waals surface area contributed by atoms with E-state index in [1.807, 2.05) is 24.0 Å². The largest absolute Gasteiger partial charge is 0.341 e. The topological polar surface area (TPSA) is 66.8 Å². The van der Waals surface area contributed by atoms with E-state index in [1.165, 1.54) is 0 Å². The van der Waals surface area contributed by atoms with Crippen LogP contribution in [0.25, 0.3) is 0 Å². The molecule has 20 heavy (non-hydrogen) atoms. The first kappa shape index (κ1) is 14.3. The fraction of sp³-hybridized carbons (Fsp3) is 0.500. The van der Waals surface area contributed by atoms with Gasteiger partial charge in [0, 0.05) is 50.2 Å². The second-order valence-electron chi connectivity index (χ2n) is 5.01. The Morgan fingerprint density at radius 3 is 3.00 bits per heavy atom. The van der Waals surface area contributed by atoms with Crippen molar-refractivity contribution in [2.75, 3.05) is 7.05 Å². The van der Waals surface area contributed by atoms with E-state index in [2.05, 4.69) is 22.1 Å². The summed E-state index contributed by atoms with van der Waals surface area (Å²) in [7, 11) is 1.83. The van der Waals surface area contributed by atoms with Gasteiger partial charge >= 0.3 is 0 Å². The first-order valence-electron chi connectivity index (χ1n) is 6.89. The number of amides is 1. The van der Waals surface area contributed by atoms with Crippen LogP contribution in [0.3, 0.4) is 0 Å². The molecule has 2 aromatic rings. The fourth-order valence-corrected chi connectivity index (χ4v) is 2.26. The van der Waals surface area contributed by atoms with Gasteiger partial charge in [-0.3, -0.25) is 9.89 Å². The van der Waals surface area contributed by atoms with Gasteiger partial charge in [0.15, 0.2) is 0 Å². The number of nitrogens with zero attached hydrogens (tertiary/aromatic N) is 4. The molecule has 0 bridgehead atoms. The van der Waals surface area contributed by atoms with Crippen molar-refractivity contribution in [1.29, 1.82) is 0 Å². The number of imidazole rings is 1. The van der Waals surface area contributed by atoms with E-state index in [-0.39, 0.29) is 11.9 Å². The van der Waals surface area contributed by atoms with Gasteiger partial charge in [0.05, 0.1) is 12.5 Å². The molecule has 0 saturated carbocycles. The number of H-pyrrole nitrogens is 1. The molecule has 6 heteroatoms. The van der Waals surface area contributed by atoms with Gasteiger partial charge in [0.2, 0.25) is 5.91 Å². The van der Waals surface area contributed by atoms with E-state index in [0.29, 0.717) is 13.0 Å². The third kappa shape index (κ3) is 3.69. The fourth-order valence-electron chi connectivity index (χ4n) is 2.26. The van der Waals surface area contributed by atoms with Crippen LogP contribution in [-0.4, -0.2) is 37.6 Å². The lowest BCUT2D eigenvalue weighted by atomic mass is 10.1. The highest BCUT2D eigenvalue weighted by Gasteiger charge is 2.17. The van der Waals surface area contributed by atoms with E-state index >= 15 is 0 Å². The molecule has 0 aromatic carbocycles. The lowest BCUT2D eigenvalue weighted by molar-refractivity contribution is -0.131. The van der Waals surface area contributed by atoms with Crippen LogP contribution in [-0.2, 0) is 11.3 Å². The van der Waals surface area contributed by atoms with Crippen LogP contribution in [0.2, 0.25) is 0 Å². The van der Waals surface area contributed by atoms with E-state index in [9.17, 15) is 4.79 Å². The minimum Gasteiger partial charge on any atom is -0.341 e. The molecular weight excluding hydrogens is 254 g/mol. The number of aromatic amines is 1. The highest BCUT2D eigenvalue weighted by atomic mass is 16.2. The van der Waals surface area contributed by atoms with Crippen molar-refractivity contribution in [2.24, 2.45) is 0 Å². The maximum Gasteiger partial charge on any atom is 0.224 e. The summed E-state index contributed by atoms with van der Waals surface area (Å²) in [6.07, 6.45) is 11.5. The zero-order chi connectivity index (χ0) is 14.4. The number of hydrogen-bond acceptors (Lipinski definition) is 3. The van der Waals surface area contributed by atoms with E-state index < -0.39 is 0 Å². The quantitative estimate of drug-likeness (QED) is 0.840. The molecular formula is C14H21N5O. The lowest BCUT2D eigenvalue weighted by Crippen LogP contribution is -2.28. The van der Waals surface area contributed by atoms with Crippen LogP contribution >= 0.6 is 0 Å². The van der Waals surface area contributed by atoms with Crippen molar-refractivity contribution in [3.63, 3.8) is 0 Å². The van der Waals surface area contributed by atoms with E-state index in [4.69, 9.17) is 0 Å². The zero-order valence-corrected chi connectivity index (χ0v) is 12.0. The number of hydrogen-bond donors (Lipinski definition) is 1. The summed E-state index contributed by atoms with van der Waals surface area (Å²) in [4.78, 5) is 18.1. The molecule has 0 aliphatic heterocycles. The summed E-state index contributed by atoms with van der Waals surface area (Å²) >= 11 is 0. The van der Waals surface area contributed by atoms with Gasteiger partial charge in [-0.1, -0.05) is 13.3 Å². The first-order valence-corrected chi connectivity index (χ1v) is 6.89. The zero-order valence-electron chi connectivity index (χ0n) is 12.0. The van der Waals surface area contributed by atoms with Gasteiger partial charge in [0.25, 0.3) is 0 Å². The Labute approximate surface area is 118 Å². The SMILES string of the molecule is CCCC(CC(=O)N(C)Cc1cn[nH]c1)n1ccnc1. The predicted octanol–water partition coefficient (Wildman–Crippen LogP) is 2.00. The van der Waals surface area contributed by atoms with Crippen LogP contribution < -0.4 is 0 Å². The Balaban J connectivity index is 1.94. The Hall–Kier alpha value is -2.11. The Kier molecular flexibility index (Phi) is 4.92. The lowest BCUT2D eigenvalue weighted by Gasteiger charge is -2.22. The third-order valence-electron chi connectivity index (χ3n) is 3.38. The van der Waals surface area contributed by atoms with Crippen molar-refractivity contribution in [3.05, 3.63) is 36.7 Å². The number of aromatic nitrogens is 4. The second kappa shape index (κ2) is 6.88. The van der Waals surface area contributed by atoms with Gasteiger partial charge in [-0.15, -0.1) is 0 Å². The summed E-state index contributed by atoms with van der Waals surface area (Å²) in [5.41, 5.74) is 1.01. The molecule has 2 rings (SSSR count). The minimum atomic E-state index is 0.137. The number of carbonyl (C=O) groups excluding carboxylic acids is 1. The molecule has 2 heterocycles. The Bertz CT molecular complexity index is 506. The van der Waals surface area contributed by atoms with Gasteiger partial charge in [-0.25, -0.2) is 4.98 Å². The van der Waals surface area contributed by atoms with E-state index in [1.54, 1.807) is 23.6 Å². The number of rotatable bonds is 7. The Morgan fingerprint density at radius 2 is 2.40 bits per heavy atom. The smallest absolute Gasteiger partial charge is 0.224 e. The first-order chi connectivity index (χ1) is 9.70. The summed E-state index contributed by atoms with van der Waals surface area (Å²) in [6.45, 7) is 2.71. The predicted molar refractivity (Wildman–Crippen MR) is 75.9 cm³/mol. The second-order valence-corrected chi connectivity index (χ2v) is 5.01. The molecule has 0 spiro atoms. The highest BCUT2D eigenvalue weighted by molar-refractivity contribution is 5.76. The molecule has 1 unspecified atom stereocenters. The van der Waals surface area contributed by atoms with Crippen LogP contribution in [0.1, 0.15) is 37.8 Å². The van der Waals surface area contributed by atoms with Crippen molar-refractivity contribution < 1.29 is 4.79 Å². The molecule has 1 atom stereocenters. The van der Waals surface area contributed by atoms with Gasteiger partial charge < -0.3 is 9.47 Å². The molecule has 1 N–H and O–H groups in total. The molecule has 1 amide bonds. The standard InChI is InChI=1S/C14H21N5O/c1-3-4-13(19-6-5-15-11-19)7-14(20)18(2)10-12-8-16-17-9-12/h5-6,8-9,11,13H,3-4,7,10H2,1-2H3,(H,16,17). The number of nitrogens with one attached hydrogen (secondary N) is 1. The summed E-state index contributed by atoms with van der Waals surface area (Å²) < 4.78 is 2.02. The third-order valence-corrected chi connectivity index (χ3v) is 3.38. The van der Waals surface area contributed by atoms with Crippen LogP contribution in [0.4, 0.5) is 0 Å². The van der Waals surface area contributed by atoms with Gasteiger partial charge in [0.1, 0.15) is 0 Å². The van der Waals surface area contributed by atoms with Crippen LogP contribution in [0, 0.1) is 0 Å². The molecule has 6 nitrogen and oxygen atoms in total. The maximum absolute atomic E-state index is 12.3. The Morgan fingerprint density at radius 1 is 1.55 bits per heavy atom. The van der Waals surface area contributed by atoms with Crippen LogP contribution in [0.5, 0.6) is 0 Å². The molecule has 2 aromatic heterocycles. The van der Waals surface area contributed by atoms with Crippen molar-refractivity contribution in [2.45, 2.75) is 38.8 Å². The van der Waals surface area contributed by atoms with E-state index in [0.717, 1.165) is 18.4 Å². The molecule has 108 valence electrons.